The molecule has 0 spiro atoms. The first kappa shape index (κ1) is 20.3. The van der Waals surface area contributed by atoms with Crippen LogP contribution in [0.3, 0.4) is 0 Å². The van der Waals surface area contributed by atoms with Crippen molar-refractivity contribution in [3.05, 3.63) is 63.7 Å². The molecule has 0 saturated carbocycles. The predicted molar refractivity (Wildman–Crippen MR) is 94.7 cm³/mol. The van der Waals surface area contributed by atoms with Crippen molar-refractivity contribution in [2.75, 3.05) is 11.6 Å². The van der Waals surface area contributed by atoms with Gasteiger partial charge < -0.3 is 10.1 Å². The van der Waals surface area contributed by atoms with Crippen molar-refractivity contribution >= 4 is 35.0 Å². The molecule has 1 amide bonds. The van der Waals surface area contributed by atoms with Gasteiger partial charge >= 0.3 is 5.97 Å². The lowest BCUT2D eigenvalue weighted by atomic mass is 10.2. The van der Waals surface area contributed by atoms with Gasteiger partial charge in [-0.05, 0) is 37.4 Å². The molecular weight excluding hydrogens is 382 g/mol. The second-order valence-electron chi connectivity index (χ2n) is 5.30. The summed E-state index contributed by atoms with van der Waals surface area (Å²) in [6.07, 6.45) is 0.303. The van der Waals surface area contributed by atoms with Crippen LogP contribution in [0.25, 0.3) is 0 Å². The molecule has 1 N–H and O–H groups in total. The Bertz CT molecular complexity index is 907. The van der Waals surface area contributed by atoms with Crippen molar-refractivity contribution in [2.24, 2.45) is 0 Å². The van der Waals surface area contributed by atoms with Crippen LogP contribution in [0.15, 0.2) is 41.3 Å². The molecule has 0 aromatic heterocycles. The number of ether oxygens (including phenoxy) is 1. The van der Waals surface area contributed by atoms with Gasteiger partial charge in [0.15, 0.2) is 6.10 Å². The number of hydrogen-bond donors (Lipinski definition) is 1. The van der Waals surface area contributed by atoms with Gasteiger partial charge in [-0.3, -0.25) is 14.9 Å². The maximum Gasteiger partial charge on any atom is 0.339 e. The van der Waals surface area contributed by atoms with Gasteiger partial charge in [-0.1, -0.05) is 0 Å². The van der Waals surface area contributed by atoms with Crippen LogP contribution < -0.4 is 5.32 Å². The fraction of sp³-hybridized carbons (Fsp3) is 0.176. The lowest BCUT2D eigenvalue weighted by molar-refractivity contribution is -0.387. The summed E-state index contributed by atoms with van der Waals surface area (Å²) >= 11 is 1.14. The monoisotopic (exact) mass is 396 g/mol. The van der Waals surface area contributed by atoms with Crippen LogP contribution in [-0.2, 0) is 9.53 Å². The Hall–Kier alpha value is -3.01. The molecular formula is C17H14F2N2O5S. The van der Waals surface area contributed by atoms with Crippen LogP contribution in [0, 0.1) is 21.7 Å². The SMILES string of the molecule is CSc1ccc(C(=O)O[C@H](C)C(=O)Nc2cc(F)ccc2F)cc1[N+](=O)[O-]. The summed E-state index contributed by atoms with van der Waals surface area (Å²) in [6.45, 7) is 1.23. The molecule has 2 rings (SSSR count). The van der Waals surface area contributed by atoms with Gasteiger partial charge in [0, 0.05) is 12.1 Å². The topological polar surface area (TPSA) is 98.5 Å². The Morgan fingerprint density at radius 3 is 2.56 bits per heavy atom. The van der Waals surface area contributed by atoms with Gasteiger partial charge in [-0.2, -0.15) is 0 Å². The molecule has 27 heavy (non-hydrogen) atoms. The van der Waals surface area contributed by atoms with Gasteiger partial charge in [0.05, 0.1) is 21.1 Å². The van der Waals surface area contributed by atoms with E-state index in [0.29, 0.717) is 4.90 Å². The van der Waals surface area contributed by atoms with Crippen LogP contribution in [0.4, 0.5) is 20.2 Å². The molecule has 2 aromatic rings. The van der Waals surface area contributed by atoms with E-state index in [0.717, 1.165) is 36.0 Å². The average molecular weight is 396 g/mol. The van der Waals surface area contributed by atoms with Crippen molar-refractivity contribution in [2.45, 2.75) is 17.9 Å². The molecule has 10 heteroatoms. The van der Waals surface area contributed by atoms with Crippen molar-refractivity contribution in [3.8, 4) is 0 Å². The third-order valence-electron chi connectivity index (χ3n) is 3.45. The zero-order chi connectivity index (χ0) is 20.1. The average Bonchev–Trinajstić information content (AvgIpc) is 2.63. The Morgan fingerprint density at radius 1 is 1.22 bits per heavy atom. The smallest absolute Gasteiger partial charge is 0.339 e. The van der Waals surface area contributed by atoms with E-state index in [1.807, 2.05) is 0 Å². The predicted octanol–water partition coefficient (Wildman–Crippen LogP) is 3.78. The highest BCUT2D eigenvalue weighted by molar-refractivity contribution is 7.98. The number of rotatable bonds is 6. The number of thioether (sulfide) groups is 1. The normalized spacial score (nSPS) is 11.6. The van der Waals surface area contributed by atoms with Crippen molar-refractivity contribution in [1.82, 2.24) is 0 Å². The number of benzene rings is 2. The molecule has 0 heterocycles. The second kappa shape index (κ2) is 8.58. The van der Waals surface area contributed by atoms with Crippen molar-refractivity contribution < 1.29 is 28.0 Å². The number of nitrogens with one attached hydrogen (secondary N) is 1. The number of carbonyl (C=O) groups excluding carboxylic acids is 2. The molecule has 0 fully saturated rings. The first-order chi connectivity index (χ1) is 12.7. The zero-order valence-corrected chi connectivity index (χ0v) is 15.0. The lowest BCUT2D eigenvalue weighted by Crippen LogP contribution is -2.30. The minimum absolute atomic E-state index is 0.115. The second-order valence-corrected chi connectivity index (χ2v) is 6.15. The van der Waals surface area contributed by atoms with E-state index >= 15 is 0 Å². The molecule has 0 aliphatic rings. The van der Waals surface area contributed by atoms with Gasteiger partial charge in [0.1, 0.15) is 11.6 Å². The molecule has 0 saturated heterocycles. The molecule has 2 aromatic carbocycles. The molecule has 7 nitrogen and oxygen atoms in total. The van der Waals surface area contributed by atoms with E-state index in [4.69, 9.17) is 4.74 Å². The Labute approximate surface area is 156 Å². The largest absolute Gasteiger partial charge is 0.449 e. The molecule has 0 unspecified atom stereocenters. The minimum Gasteiger partial charge on any atom is -0.449 e. The molecule has 0 bridgehead atoms. The first-order valence-corrected chi connectivity index (χ1v) is 8.74. The summed E-state index contributed by atoms with van der Waals surface area (Å²) in [6, 6.07) is 6.29. The van der Waals surface area contributed by atoms with E-state index in [1.165, 1.54) is 19.1 Å². The molecule has 1 atom stereocenters. The first-order valence-electron chi connectivity index (χ1n) is 7.52. The third-order valence-corrected chi connectivity index (χ3v) is 4.24. The number of nitrogens with zero attached hydrogens (tertiary/aromatic N) is 1. The van der Waals surface area contributed by atoms with Crippen LogP contribution in [-0.4, -0.2) is 29.2 Å². The van der Waals surface area contributed by atoms with E-state index in [2.05, 4.69) is 5.32 Å². The highest BCUT2D eigenvalue weighted by atomic mass is 32.2. The van der Waals surface area contributed by atoms with Crippen LogP contribution in [0.5, 0.6) is 0 Å². The van der Waals surface area contributed by atoms with Crippen LogP contribution >= 0.6 is 11.8 Å². The Balaban J connectivity index is 2.10. The van der Waals surface area contributed by atoms with E-state index < -0.39 is 40.2 Å². The summed E-state index contributed by atoms with van der Waals surface area (Å²) in [5.41, 5.74) is -0.783. The van der Waals surface area contributed by atoms with E-state index in [1.54, 1.807) is 6.26 Å². The number of anilines is 1. The highest BCUT2D eigenvalue weighted by Crippen LogP contribution is 2.28. The third kappa shape index (κ3) is 5.00. The maximum atomic E-state index is 13.6. The molecule has 0 aliphatic heterocycles. The molecule has 0 radical (unpaired) electrons. The summed E-state index contributed by atoms with van der Waals surface area (Å²) in [7, 11) is 0. The lowest BCUT2D eigenvalue weighted by Gasteiger charge is -2.14. The summed E-state index contributed by atoms with van der Waals surface area (Å²) in [4.78, 5) is 35.0. The summed E-state index contributed by atoms with van der Waals surface area (Å²) in [5.74, 6) is -3.46. The Kier molecular flexibility index (Phi) is 6.45. The number of halogens is 2. The highest BCUT2D eigenvalue weighted by Gasteiger charge is 2.23. The van der Waals surface area contributed by atoms with Crippen LogP contribution in [0.1, 0.15) is 17.3 Å². The number of carbonyl (C=O) groups is 2. The number of esters is 1. The summed E-state index contributed by atoms with van der Waals surface area (Å²) in [5, 5.41) is 13.2. The fourth-order valence-electron chi connectivity index (χ4n) is 2.07. The van der Waals surface area contributed by atoms with Gasteiger partial charge in [-0.15, -0.1) is 11.8 Å². The zero-order valence-electron chi connectivity index (χ0n) is 14.2. The fourth-order valence-corrected chi connectivity index (χ4v) is 2.62. The minimum atomic E-state index is -1.35. The quantitative estimate of drug-likeness (QED) is 0.345. The number of nitro benzene ring substituents is 1. The van der Waals surface area contributed by atoms with Crippen molar-refractivity contribution in [3.63, 3.8) is 0 Å². The molecule has 0 aliphatic carbocycles. The van der Waals surface area contributed by atoms with Crippen LogP contribution in [0.2, 0.25) is 0 Å². The maximum absolute atomic E-state index is 13.6. The number of nitro groups is 1. The van der Waals surface area contributed by atoms with Crippen molar-refractivity contribution in [1.29, 1.82) is 0 Å². The Morgan fingerprint density at radius 2 is 1.93 bits per heavy atom. The van der Waals surface area contributed by atoms with E-state index in [9.17, 15) is 28.5 Å². The summed E-state index contributed by atoms with van der Waals surface area (Å²) < 4.78 is 31.6. The standard InChI is InChI=1S/C17H14F2N2O5S/c1-9(16(22)20-13-8-11(18)4-5-12(13)19)26-17(23)10-3-6-15(27-2)14(7-10)21(24)25/h3-9H,1-2H3,(H,20,22)/t9-/m1/s1. The molecule has 142 valence electrons. The number of amides is 1. The van der Waals surface area contributed by atoms with Gasteiger partial charge in [0.2, 0.25) is 0 Å². The number of hydrogen-bond acceptors (Lipinski definition) is 6. The van der Waals surface area contributed by atoms with Gasteiger partial charge in [-0.25, -0.2) is 13.6 Å². The van der Waals surface area contributed by atoms with Gasteiger partial charge in [0.25, 0.3) is 11.6 Å². The van der Waals surface area contributed by atoms with E-state index in [-0.39, 0.29) is 11.3 Å².